The minimum absolute atomic E-state index is 0.183. The fourth-order valence-corrected chi connectivity index (χ4v) is 2.07. The fraction of sp³-hybridized carbons (Fsp3) is 0.600. The van der Waals surface area contributed by atoms with Crippen LogP contribution in [0.1, 0.15) is 66.0 Å². The van der Waals surface area contributed by atoms with Gasteiger partial charge in [-0.1, -0.05) is 71.0 Å². The third-order valence-electron chi connectivity index (χ3n) is 3.54. The largest absolute Gasteiger partial charge is 0.378 e. The zero-order chi connectivity index (χ0) is 16.1. The molecule has 1 nitrogen and oxygen atoms in total. The van der Waals surface area contributed by atoms with Gasteiger partial charge in [-0.3, -0.25) is 0 Å². The van der Waals surface area contributed by atoms with E-state index in [0.717, 1.165) is 13.0 Å². The van der Waals surface area contributed by atoms with E-state index in [9.17, 15) is 0 Å². The van der Waals surface area contributed by atoms with Crippen LogP contribution >= 0.6 is 0 Å². The summed E-state index contributed by atoms with van der Waals surface area (Å²) in [5.41, 5.74) is 3.05. The quantitative estimate of drug-likeness (QED) is 0.639. The highest BCUT2D eigenvalue weighted by molar-refractivity contribution is 5.51. The summed E-state index contributed by atoms with van der Waals surface area (Å²) in [5.74, 6) is 0. The lowest BCUT2D eigenvalue weighted by Gasteiger charge is -2.24. The predicted octanol–water partition coefficient (Wildman–Crippen LogP) is 5.84. The Morgan fingerprint density at radius 2 is 1.76 bits per heavy atom. The van der Waals surface area contributed by atoms with E-state index in [-0.39, 0.29) is 10.8 Å². The van der Waals surface area contributed by atoms with Crippen molar-refractivity contribution in [3.8, 4) is 0 Å². The molecule has 0 fully saturated rings. The molecule has 118 valence electrons. The first-order valence-electron chi connectivity index (χ1n) is 7.99. The SMILES string of the molecule is CC(C)OCC(C)(C)CC=Cc1cccc(C(C)(C)C)c1. The van der Waals surface area contributed by atoms with Gasteiger partial charge in [-0.25, -0.2) is 0 Å². The first-order chi connectivity index (χ1) is 9.60. The summed E-state index contributed by atoms with van der Waals surface area (Å²) >= 11 is 0. The molecule has 0 amide bonds. The van der Waals surface area contributed by atoms with Crippen molar-refractivity contribution >= 4 is 6.08 Å². The smallest absolute Gasteiger partial charge is 0.0523 e. The summed E-state index contributed by atoms with van der Waals surface area (Å²) in [5, 5.41) is 0. The number of rotatable bonds is 6. The molecule has 0 N–H and O–H groups in total. The Bertz CT molecular complexity index is 461. The number of benzene rings is 1. The summed E-state index contributed by atoms with van der Waals surface area (Å²) in [4.78, 5) is 0. The maximum Gasteiger partial charge on any atom is 0.0523 e. The van der Waals surface area contributed by atoms with Crippen molar-refractivity contribution < 1.29 is 4.74 Å². The monoisotopic (exact) mass is 288 g/mol. The van der Waals surface area contributed by atoms with Crippen LogP contribution in [0, 0.1) is 5.41 Å². The van der Waals surface area contributed by atoms with E-state index in [1.54, 1.807) is 0 Å². The van der Waals surface area contributed by atoms with E-state index in [0.29, 0.717) is 6.10 Å². The molecule has 0 unspecified atom stereocenters. The fourth-order valence-electron chi connectivity index (χ4n) is 2.07. The summed E-state index contributed by atoms with van der Waals surface area (Å²) < 4.78 is 5.74. The van der Waals surface area contributed by atoms with Crippen LogP contribution in [-0.4, -0.2) is 12.7 Å². The molecule has 1 aromatic rings. The third kappa shape index (κ3) is 6.95. The number of allylic oxidation sites excluding steroid dienone is 1. The molecule has 0 bridgehead atoms. The van der Waals surface area contributed by atoms with Crippen LogP contribution in [0.3, 0.4) is 0 Å². The Kier molecular flexibility index (Phi) is 6.22. The molecule has 0 heterocycles. The number of hydrogen-bond donors (Lipinski definition) is 0. The van der Waals surface area contributed by atoms with Gasteiger partial charge in [0.25, 0.3) is 0 Å². The van der Waals surface area contributed by atoms with Crippen LogP contribution in [0.2, 0.25) is 0 Å². The van der Waals surface area contributed by atoms with E-state index < -0.39 is 0 Å². The van der Waals surface area contributed by atoms with Crippen LogP contribution < -0.4 is 0 Å². The molecule has 0 aromatic heterocycles. The second-order valence-corrected chi connectivity index (χ2v) is 8.01. The zero-order valence-corrected chi connectivity index (χ0v) is 14.9. The van der Waals surface area contributed by atoms with Crippen molar-refractivity contribution in [1.29, 1.82) is 0 Å². The van der Waals surface area contributed by atoms with Crippen molar-refractivity contribution in [2.24, 2.45) is 5.41 Å². The minimum Gasteiger partial charge on any atom is -0.378 e. The van der Waals surface area contributed by atoms with Crippen molar-refractivity contribution in [3.05, 3.63) is 41.5 Å². The normalized spacial score (nSPS) is 13.3. The average molecular weight is 288 g/mol. The lowest BCUT2D eigenvalue weighted by molar-refractivity contribution is 0.0227. The Morgan fingerprint density at radius 1 is 1.10 bits per heavy atom. The standard InChI is InChI=1S/C20H32O/c1-16(2)21-15-20(6,7)13-9-11-17-10-8-12-18(14-17)19(3,4)5/h8-12,14,16H,13,15H2,1-7H3. The molecule has 0 atom stereocenters. The second-order valence-electron chi connectivity index (χ2n) is 8.01. The van der Waals surface area contributed by atoms with Crippen LogP contribution in [0.4, 0.5) is 0 Å². The Labute approximate surface area is 131 Å². The molecule has 1 aromatic carbocycles. The second kappa shape index (κ2) is 7.26. The predicted molar refractivity (Wildman–Crippen MR) is 93.7 cm³/mol. The van der Waals surface area contributed by atoms with Gasteiger partial charge in [-0.2, -0.15) is 0 Å². The number of ether oxygens (including phenoxy) is 1. The number of hydrogen-bond acceptors (Lipinski definition) is 1. The molecule has 0 aliphatic rings. The summed E-state index contributed by atoms with van der Waals surface area (Å²) in [6.45, 7) is 16.2. The van der Waals surface area contributed by atoms with Crippen molar-refractivity contribution in [2.45, 2.75) is 66.4 Å². The van der Waals surface area contributed by atoms with Gasteiger partial charge < -0.3 is 4.74 Å². The third-order valence-corrected chi connectivity index (χ3v) is 3.54. The van der Waals surface area contributed by atoms with Gasteiger partial charge in [0.05, 0.1) is 12.7 Å². The molecule has 0 saturated carbocycles. The Balaban J connectivity index is 2.65. The molecular weight excluding hydrogens is 256 g/mol. The zero-order valence-electron chi connectivity index (χ0n) is 14.9. The molecule has 0 saturated heterocycles. The lowest BCUT2D eigenvalue weighted by atomic mass is 9.86. The first-order valence-corrected chi connectivity index (χ1v) is 7.99. The minimum atomic E-state index is 0.183. The van der Waals surface area contributed by atoms with E-state index >= 15 is 0 Å². The van der Waals surface area contributed by atoms with E-state index in [1.165, 1.54) is 11.1 Å². The molecule has 21 heavy (non-hydrogen) atoms. The van der Waals surface area contributed by atoms with Gasteiger partial charge in [0, 0.05) is 0 Å². The van der Waals surface area contributed by atoms with E-state index in [4.69, 9.17) is 4.74 Å². The van der Waals surface area contributed by atoms with E-state index in [2.05, 4.69) is 84.9 Å². The summed E-state index contributed by atoms with van der Waals surface area (Å²) in [7, 11) is 0. The average Bonchev–Trinajstić information content (AvgIpc) is 2.36. The summed E-state index contributed by atoms with van der Waals surface area (Å²) in [6, 6.07) is 8.81. The van der Waals surface area contributed by atoms with Gasteiger partial charge in [0.2, 0.25) is 0 Å². The molecule has 0 aliphatic heterocycles. The Morgan fingerprint density at radius 3 is 2.33 bits per heavy atom. The van der Waals surface area contributed by atoms with Crippen LogP contribution in [0.25, 0.3) is 6.08 Å². The molecule has 0 spiro atoms. The molecule has 1 heteroatoms. The van der Waals surface area contributed by atoms with Crippen LogP contribution in [0.5, 0.6) is 0 Å². The topological polar surface area (TPSA) is 9.23 Å². The van der Waals surface area contributed by atoms with Crippen molar-refractivity contribution in [3.63, 3.8) is 0 Å². The van der Waals surface area contributed by atoms with Gasteiger partial charge in [0.1, 0.15) is 0 Å². The Hall–Kier alpha value is -1.08. The molecular formula is C20H32O. The lowest BCUT2D eigenvalue weighted by Crippen LogP contribution is -2.21. The molecule has 0 radical (unpaired) electrons. The first kappa shape index (κ1) is 18.0. The highest BCUT2D eigenvalue weighted by atomic mass is 16.5. The van der Waals surface area contributed by atoms with Crippen LogP contribution in [0.15, 0.2) is 30.3 Å². The van der Waals surface area contributed by atoms with Crippen molar-refractivity contribution in [1.82, 2.24) is 0 Å². The highest BCUT2D eigenvalue weighted by Crippen LogP contribution is 2.25. The van der Waals surface area contributed by atoms with Gasteiger partial charge >= 0.3 is 0 Å². The summed E-state index contributed by atoms with van der Waals surface area (Å²) in [6.07, 6.45) is 5.83. The van der Waals surface area contributed by atoms with Crippen LogP contribution in [-0.2, 0) is 10.2 Å². The maximum atomic E-state index is 5.74. The highest BCUT2D eigenvalue weighted by Gasteiger charge is 2.17. The van der Waals surface area contributed by atoms with Gasteiger partial charge in [-0.15, -0.1) is 0 Å². The molecule has 1 rings (SSSR count). The van der Waals surface area contributed by atoms with Gasteiger partial charge in [0.15, 0.2) is 0 Å². The molecule has 0 aliphatic carbocycles. The maximum absolute atomic E-state index is 5.74. The van der Waals surface area contributed by atoms with Crippen molar-refractivity contribution in [2.75, 3.05) is 6.61 Å². The van der Waals surface area contributed by atoms with Gasteiger partial charge in [-0.05, 0) is 42.2 Å². The van der Waals surface area contributed by atoms with E-state index in [1.807, 2.05) is 0 Å².